The molecule has 1 aliphatic carbocycles. The van der Waals surface area contributed by atoms with Crippen molar-refractivity contribution in [3.8, 4) is 5.75 Å². The number of fused-ring (bicyclic) bond motifs is 1. The van der Waals surface area contributed by atoms with Gasteiger partial charge >= 0.3 is 0 Å². The number of aryl methyl sites for hydroxylation is 2. The molecule has 4 nitrogen and oxygen atoms in total. The van der Waals surface area contributed by atoms with Gasteiger partial charge in [0.1, 0.15) is 5.75 Å². The molecule has 1 fully saturated rings. The first-order chi connectivity index (χ1) is 9.07. The Bertz CT molecular complexity index is 535. The number of hydrogen-bond donors (Lipinski definition) is 1. The summed E-state index contributed by atoms with van der Waals surface area (Å²) in [5.74, 6) is 0.913. The van der Waals surface area contributed by atoms with Gasteiger partial charge in [0.05, 0.1) is 5.69 Å². The van der Waals surface area contributed by atoms with Crippen molar-refractivity contribution in [2.45, 2.75) is 38.7 Å². The van der Waals surface area contributed by atoms with E-state index < -0.39 is 5.60 Å². The zero-order valence-electron chi connectivity index (χ0n) is 11.5. The summed E-state index contributed by atoms with van der Waals surface area (Å²) in [5.41, 5.74) is 8.28. The highest BCUT2D eigenvalue weighted by Crippen LogP contribution is 2.46. The third kappa shape index (κ3) is 1.74. The van der Waals surface area contributed by atoms with E-state index in [1.165, 1.54) is 11.1 Å². The monoisotopic (exact) mass is 260 g/mol. The van der Waals surface area contributed by atoms with Gasteiger partial charge in [-0.25, -0.2) is 0 Å². The minimum Gasteiger partial charge on any atom is -0.475 e. The Morgan fingerprint density at radius 1 is 1.32 bits per heavy atom. The number of carbonyl (C=O) groups excluding carboxylic acids is 1. The van der Waals surface area contributed by atoms with Crippen LogP contribution in [0, 0.1) is 13.8 Å². The largest absolute Gasteiger partial charge is 0.475 e. The smallest absolute Gasteiger partial charge is 0.271 e. The molecule has 0 bridgehead atoms. The van der Waals surface area contributed by atoms with Gasteiger partial charge in [0.15, 0.2) is 5.60 Å². The van der Waals surface area contributed by atoms with E-state index in [1.54, 1.807) is 0 Å². The van der Waals surface area contributed by atoms with Crippen molar-refractivity contribution in [2.24, 2.45) is 5.73 Å². The summed E-state index contributed by atoms with van der Waals surface area (Å²) < 4.78 is 6.05. The minimum absolute atomic E-state index is 0.0833. The van der Waals surface area contributed by atoms with Gasteiger partial charge in [-0.3, -0.25) is 4.79 Å². The van der Waals surface area contributed by atoms with Crippen LogP contribution in [0.25, 0.3) is 0 Å². The van der Waals surface area contributed by atoms with E-state index in [9.17, 15) is 4.79 Å². The second-order valence-corrected chi connectivity index (χ2v) is 5.60. The van der Waals surface area contributed by atoms with Crippen molar-refractivity contribution in [3.63, 3.8) is 0 Å². The molecule has 0 atom stereocenters. The quantitative estimate of drug-likeness (QED) is 0.883. The van der Waals surface area contributed by atoms with E-state index in [4.69, 9.17) is 10.5 Å². The van der Waals surface area contributed by atoms with Crippen molar-refractivity contribution in [3.05, 3.63) is 23.3 Å². The number of amides is 1. The molecule has 1 spiro atoms. The maximum atomic E-state index is 12.6. The van der Waals surface area contributed by atoms with Crippen molar-refractivity contribution in [2.75, 3.05) is 18.0 Å². The number of benzene rings is 1. The zero-order valence-corrected chi connectivity index (χ0v) is 11.5. The Morgan fingerprint density at radius 2 is 2.00 bits per heavy atom. The molecule has 2 N–H and O–H groups in total. The maximum absolute atomic E-state index is 12.6. The first-order valence-corrected chi connectivity index (χ1v) is 6.90. The van der Waals surface area contributed by atoms with Crippen LogP contribution in [0.15, 0.2) is 12.1 Å². The van der Waals surface area contributed by atoms with Crippen LogP contribution in [-0.4, -0.2) is 24.6 Å². The number of nitrogens with zero attached hydrogens (tertiary/aromatic N) is 1. The van der Waals surface area contributed by atoms with Gasteiger partial charge in [-0.15, -0.1) is 0 Å². The molecule has 4 heteroatoms. The minimum atomic E-state index is -0.607. The highest BCUT2D eigenvalue weighted by atomic mass is 16.5. The molecule has 0 saturated heterocycles. The van der Waals surface area contributed by atoms with Gasteiger partial charge in [0.25, 0.3) is 5.91 Å². The molecule has 0 radical (unpaired) electrons. The first kappa shape index (κ1) is 12.5. The predicted octanol–water partition coefficient (Wildman–Crippen LogP) is 1.91. The maximum Gasteiger partial charge on any atom is 0.271 e. The summed E-state index contributed by atoms with van der Waals surface area (Å²) in [5, 5.41) is 0. The average Bonchev–Trinajstić information content (AvgIpc) is 2.33. The Morgan fingerprint density at radius 3 is 2.58 bits per heavy atom. The summed E-state index contributed by atoms with van der Waals surface area (Å²) in [6, 6.07) is 4.07. The lowest BCUT2D eigenvalue weighted by Crippen LogP contribution is -2.60. The van der Waals surface area contributed by atoms with Crippen LogP contribution in [0.1, 0.15) is 30.4 Å². The molecular formula is C15H20N2O2. The van der Waals surface area contributed by atoms with Gasteiger partial charge in [-0.05, 0) is 56.4 Å². The fraction of sp³-hybridized carbons (Fsp3) is 0.533. The summed E-state index contributed by atoms with van der Waals surface area (Å²) in [7, 11) is 0. The molecule has 3 rings (SSSR count). The molecule has 1 aliphatic heterocycles. The van der Waals surface area contributed by atoms with Crippen LogP contribution >= 0.6 is 0 Å². The van der Waals surface area contributed by atoms with E-state index >= 15 is 0 Å². The van der Waals surface area contributed by atoms with Crippen LogP contribution in [-0.2, 0) is 4.79 Å². The van der Waals surface area contributed by atoms with Crippen LogP contribution in [0.5, 0.6) is 5.75 Å². The highest BCUT2D eigenvalue weighted by molar-refractivity contribution is 6.03. The van der Waals surface area contributed by atoms with Crippen molar-refractivity contribution in [1.82, 2.24) is 0 Å². The summed E-state index contributed by atoms with van der Waals surface area (Å²) in [6.07, 6.45) is 2.70. The topological polar surface area (TPSA) is 55.6 Å². The zero-order chi connectivity index (χ0) is 13.6. The lowest BCUT2D eigenvalue weighted by Gasteiger charge is -2.47. The van der Waals surface area contributed by atoms with Crippen molar-refractivity contribution < 1.29 is 9.53 Å². The van der Waals surface area contributed by atoms with E-state index in [2.05, 4.69) is 13.8 Å². The number of nitrogens with two attached hydrogens (primary N) is 1. The Kier molecular flexibility index (Phi) is 2.78. The van der Waals surface area contributed by atoms with E-state index in [-0.39, 0.29) is 5.91 Å². The van der Waals surface area contributed by atoms with Crippen molar-refractivity contribution >= 4 is 11.6 Å². The average molecular weight is 260 g/mol. The van der Waals surface area contributed by atoms with Crippen molar-refractivity contribution in [1.29, 1.82) is 0 Å². The molecule has 1 saturated carbocycles. The third-order valence-electron chi connectivity index (χ3n) is 4.32. The molecule has 1 amide bonds. The van der Waals surface area contributed by atoms with Gasteiger partial charge in [-0.2, -0.15) is 0 Å². The van der Waals surface area contributed by atoms with E-state index in [0.29, 0.717) is 13.1 Å². The van der Waals surface area contributed by atoms with Crippen LogP contribution < -0.4 is 15.4 Å². The number of anilines is 1. The fourth-order valence-electron chi connectivity index (χ4n) is 2.84. The number of rotatable bonds is 2. The number of ether oxygens (including phenoxy) is 1. The summed E-state index contributed by atoms with van der Waals surface area (Å²) in [6.45, 7) is 5.14. The molecule has 0 unspecified atom stereocenters. The first-order valence-electron chi connectivity index (χ1n) is 6.90. The molecule has 102 valence electrons. The highest BCUT2D eigenvalue weighted by Gasteiger charge is 2.52. The lowest BCUT2D eigenvalue weighted by molar-refractivity contribution is -0.143. The van der Waals surface area contributed by atoms with Crippen LogP contribution in [0.3, 0.4) is 0 Å². The van der Waals surface area contributed by atoms with Crippen LogP contribution in [0.2, 0.25) is 0 Å². The van der Waals surface area contributed by atoms with Gasteiger partial charge in [-0.1, -0.05) is 0 Å². The van der Waals surface area contributed by atoms with Gasteiger partial charge in [0.2, 0.25) is 0 Å². The second-order valence-electron chi connectivity index (χ2n) is 5.60. The molecule has 0 aromatic heterocycles. The Hall–Kier alpha value is -1.55. The van der Waals surface area contributed by atoms with E-state index in [1.807, 2.05) is 17.0 Å². The predicted molar refractivity (Wildman–Crippen MR) is 74.5 cm³/mol. The molecule has 1 aromatic carbocycles. The van der Waals surface area contributed by atoms with Gasteiger partial charge in [0, 0.05) is 13.1 Å². The molecule has 2 aliphatic rings. The molecular weight excluding hydrogens is 240 g/mol. The van der Waals surface area contributed by atoms with Crippen LogP contribution in [0.4, 0.5) is 5.69 Å². The molecule has 1 aromatic rings. The van der Waals surface area contributed by atoms with E-state index in [0.717, 1.165) is 30.7 Å². The Balaban J connectivity index is 2.09. The Labute approximate surface area is 113 Å². The third-order valence-corrected chi connectivity index (χ3v) is 4.32. The number of carbonyl (C=O) groups is 1. The summed E-state index contributed by atoms with van der Waals surface area (Å²) >= 11 is 0. The number of hydrogen-bond acceptors (Lipinski definition) is 3. The standard InChI is InChI=1S/C15H20N2O2/c1-10-8-12-13(9-11(10)2)19-15(4-3-5-15)14(18)17(12)7-6-16/h8-9H,3-7,16H2,1-2H3. The lowest BCUT2D eigenvalue weighted by atomic mass is 9.77. The fourth-order valence-corrected chi connectivity index (χ4v) is 2.84. The SMILES string of the molecule is Cc1cc2c(cc1C)N(CCN)C(=O)C1(CCC1)O2. The second kappa shape index (κ2) is 4.23. The molecule has 19 heavy (non-hydrogen) atoms. The normalized spacial score (nSPS) is 19.9. The summed E-state index contributed by atoms with van der Waals surface area (Å²) in [4.78, 5) is 14.4. The van der Waals surface area contributed by atoms with Gasteiger partial charge < -0.3 is 15.4 Å². The molecule has 1 heterocycles.